The maximum Gasteiger partial charge on any atom is 0.303 e. The molecule has 0 amide bonds. The van der Waals surface area contributed by atoms with Crippen LogP contribution >= 0.6 is 0 Å². The summed E-state index contributed by atoms with van der Waals surface area (Å²) in [5.74, 6) is 1.39. The molecule has 0 unspecified atom stereocenters. The molecule has 4 nitrogen and oxygen atoms in total. The molecule has 118 valence electrons. The van der Waals surface area contributed by atoms with Gasteiger partial charge in [0.1, 0.15) is 11.5 Å². The lowest BCUT2D eigenvalue weighted by Crippen LogP contribution is -2.38. The molecule has 2 aromatic carbocycles. The predicted molar refractivity (Wildman–Crippen MR) is 86.6 cm³/mol. The Bertz CT molecular complexity index is 773. The minimum absolute atomic E-state index is 0.0521. The average Bonchev–Trinajstić information content (AvgIpc) is 2.79. The highest BCUT2D eigenvalue weighted by Crippen LogP contribution is 2.53. The highest BCUT2D eigenvalue weighted by atomic mass is 16.6. The van der Waals surface area contributed by atoms with Gasteiger partial charge in [-0.2, -0.15) is 0 Å². The van der Waals surface area contributed by atoms with Gasteiger partial charge in [0.05, 0.1) is 0 Å². The van der Waals surface area contributed by atoms with Crippen molar-refractivity contribution < 1.29 is 14.3 Å². The van der Waals surface area contributed by atoms with E-state index in [1.165, 1.54) is 6.92 Å². The van der Waals surface area contributed by atoms with Gasteiger partial charge in [0.25, 0.3) is 0 Å². The van der Waals surface area contributed by atoms with E-state index in [2.05, 4.69) is 18.0 Å². The van der Waals surface area contributed by atoms with Gasteiger partial charge in [-0.15, -0.1) is 0 Å². The molecule has 0 saturated carbocycles. The van der Waals surface area contributed by atoms with Gasteiger partial charge in [-0.25, -0.2) is 0 Å². The van der Waals surface area contributed by atoms with Gasteiger partial charge in [0.15, 0.2) is 5.60 Å². The fourth-order valence-corrected chi connectivity index (χ4v) is 3.96. The van der Waals surface area contributed by atoms with Gasteiger partial charge in [0.2, 0.25) is 0 Å². The Hall–Kier alpha value is -2.33. The van der Waals surface area contributed by atoms with E-state index in [4.69, 9.17) is 9.47 Å². The fraction of sp³-hybridized carbons (Fsp3) is 0.316. The molecule has 23 heavy (non-hydrogen) atoms. The molecule has 0 spiro atoms. The molecule has 0 aromatic heterocycles. The van der Waals surface area contributed by atoms with Gasteiger partial charge in [-0.05, 0) is 19.2 Å². The Morgan fingerprint density at radius 2 is 1.87 bits per heavy atom. The van der Waals surface area contributed by atoms with Crippen LogP contribution in [0, 0.1) is 0 Å². The van der Waals surface area contributed by atoms with Crippen LogP contribution in [0.15, 0.2) is 48.5 Å². The van der Waals surface area contributed by atoms with Crippen LogP contribution in [0.5, 0.6) is 11.5 Å². The fourth-order valence-electron chi connectivity index (χ4n) is 3.96. The number of carbonyl (C=O) groups excluding carboxylic acids is 1. The number of nitrogens with zero attached hydrogens (tertiary/aromatic N) is 1. The number of esters is 1. The largest absolute Gasteiger partial charge is 0.457 e. The van der Waals surface area contributed by atoms with Gasteiger partial charge < -0.3 is 14.4 Å². The molecule has 0 radical (unpaired) electrons. The first-order valence-corrected chi connectivity index (χ1v) is 7.84. The number of likely N-dealkylation sites (tertiary alicyclic amines) is 1. The Morgan fingerprint density at radius 1 is 1.17 bits per heavy atom. The van der Waals surface area contributed by atoms with E-state index >= 15 is 0 Å². The summed E-state index contributed by atoms with van der Waals surface area (Å²) in [4.78, 5) is 14.1. The third-order valence-corrected chi connectivity index (χ3v) is 4.75. The van der Waals surface area contributed by atoms with E-state index < -0.39 is 5.60 Å². The summed E-state index contributed by atoms with van der Waals surface area (Å²) in [6.07, 6.45) is 0. The normalized spacial score (nSPS) is 25.6. The van der Waals surface area contributed by atoms with Crippen LogP contribution in [-0.2, 0) is 15.1 Å². The molecule has 2 heterocycles. The molecule has 0 N–H and O–H groups in total. The van der Waals surface area contributed by atoms with E-state index in [1.54, 1.807) is 0 Å². The second kappa shape index (κ2) is 5.10. The van der Waals surface area contributed by atoms with Crippen molar-refractivity contribution in [2.45, 2.75) is 18.4 Å². The lowest BCUT2D eigenvalue weighted by atomic mass is 9.79. The first-order chi connectivity index (χ1) is 11.1. The van der Waals surface area contributed by atoms with Crippen molar-refractivity contribution in [3.8, 4) is 11.5 Å². The molecule has 2 aromatic rings. The highest BCUT2D eigenvalue weighted by Gasteiger charge is 2.53. The third kappa shape index (κ3) is 2.13. The van der Waals surface area contributed by atoms with Crippen molar-refractivity contribution in [1.82, 2.24) is 4.90 Å². The quantitative estimate of drug-likeness (QED) is 0.758. The first kappa shape index (κ1) is 14.3. The number of carbonyl (C=O) groups is 1. The van der Waals surface area contributed by atoms with Gasteiger partial charge >= 0.3 is 5.97 Å². The van der Waals surface area contributed by atoms with E-state index in [-0.39, 0.29) is 11.9 Å². The zero-order chi connectivity index (χ0) is 16.0. The van der Waals surface area contributed by atoms with Crippen molar-refractivity contribution in [2.24, 2.45) is 0 Å². The monoisotopic (exact) mass is 309 g/mol. The average molecular weight is 309 g/mol. The molecule has 0 bridgehead atoms. The number of hydrogen-bond acceptors (Lipinski definition) is 4. The Labute approximate surface area is 135 Å². The summed E-state index contributed by atoms with van der Waals surface area (Å²) in [6.45, 7) is 2.96. The molecule has 2 aliphatic rings. The van der Waals surface area contributed by atoms with Crippen molar-refractivity contribution in [1.29, 1.82) is 0 Å². The lowest BCUT2D eigenvalue weighted by Gasteiger charge is -2.33. The number of rotatable bonds is 1. The van der Waals surface area contributed by atoms with E-state index in [9.17, 15) is 4.79 Å². The summed E-state index contributed by atoms with van der Waals surface area (Å²) in [6, 6.07) is 15.9. The SMILES string of the molecule is CC(=O)O[C@]12CN(C)C[C@H]1c1ccccc1Oc1ccccc12. The van der Waals surface area contributed by atoms with Crippen molar-refractivity contribution in [2.75, 3.05) is 20.1 Å². The van der Waals surface area contributed by atoms with Crippen LogP contribution in [0.4, 0.5) is 0 Å². The second-order valence-electron chi connectivity index (χ2n) is 6.37. The molecule has 2 aliphatic heterocycles. The van der Waals surface area contributed by atoms with Crippen molar-refractivity contribution in [3.63, 3.8) is 0 Å². The maximum absolute atomic E-state index is 11.9. The molecule has 4 heteroatoms. The first-order valence-electron chi connectivity index (χ1n) is 7.84. The number of likely N-dealkylation sites (N-methyl/N-ethyl adjacent to an activating group) is 1. The summed E-state index contributed by atoms with van der Waals surface area (Å²) in [5.41, 5.74) is 1.33. The van der Waals surface area contributed by atoms with Gasteiger partial charge in [0, 0.05) is 37.1 Å². The smallest absolute Gasteiger partial charge is 0.303 e. The number of para-hydroxylation sites is 2. The van der Waals surface area contributed by atoms with Crippen LogP contribution < -0.4 is 4.74 Å². The summed E-state index contributed by atoms with van der Waals surface area (Å²) in [7, 11) is 2.06. The van der Waals surface area contributed by atoms with Gasteiger partial charge in [-0.1, -0.05) is 36.4 Å². The number of ether oxygens (including phenoxy) is 2. The van der Waals surface area contributed by atoms with Crippen LogP contribution in [0.2, 0.25) is 0 Å². The van der Waals surface area contributed by atoms with Crippen LogP contribution in [0.3, 0.4) is 0 Å². The molecular formula is C19H19NO3. The summed E-state index contributed by atoms with van der Waals surface area (Å²) in [5, 5.41) is 0. The van der Waals surface area contributed by atoms with Crippen molar-refractivity contribution in [3.05, 3.63) is 59.7 Å². The highest BCUT2D eigenvalue weighted by molar-refractivity contribution is 5.68. The van der Waals surface area contributed by atoms with E-state index in [0.29, 0.717) is 6.54 Å². The van der Waals surface area contributed by atoms with Crippen LogP contribution in [-0.4, -0.2) is 31.0 Å². The zero-order valence-corrected chi connectivity index (χ0v) is 13.3. The Morgan fingerprint density at radius 3 is 2.65 bits per heavy atom. The topological polar surface area (TPSA) is 38.8 Å². The number of fused-ring (bicyclic) bond motifs is 5. The summed E-state index contributed by atoms with van der Waals surface area (Å²) >= 11 is 0. The minimum atomic E-state index is -0.705. The van der Waals surface area contributed by atoms with Gasteiger partial charge in [-0.3, -0.25) is 4.79 Å². The Balaban J connectivity index is 2.00. The molecule has 2 atom stereocenters. The minimum Gasteiger partial charge on any atom is -0.457 e. The predicted octanol–water partition coefficient (Wildman–Crippen LogP) is 3.28. The number of benzene rings is 2. The molecular weight excluding hydrogens is 290 g/mol. The molecule has 0 aliphatic carbocycles. The maximum atomic E-state index is 11.9. The van der Waals surface area contributed by atoms with Crippen LogP contribution in [0.1, 0.15) is 24.0 Å². The van der Waals surface area contributed by atoms with Crippen molar-refractivity contribution >= 4 is 5.97 Å². The molecule has 1 saturated heterocycles. The second-order valence-corrected chi connectivity index (χ2v) is 6.37. The standard InChI is InChI=1S/C19H19NO3/c1-13(21)23-19-12-20(2)11-16(19)14-7-3-5-9-17(14)22-18-10-6-4-8-15(18)19/h3-10,16H,11-12H2,1-2H3/t16-,19-/m0/s1. The number of hydrogen-bond donors (Lipinski definition) is 0. The zero-order valence-electron chi connectivity index (χ0n) is 13.3. The van der Waals surface area contributed by atoms with E-state index in [1.807, 2.05) is 42.5 Å². The molecule has 1 fully saturated rings. The lowest BCUT2D eigenvalue weighted by molar-refractivity contribution is -0.158. The van der Waals surface area contributed by atoms with E-state index in [0.717, 1.165) is 29.2 Å². The van der Waals surface area contributed by atoms with Crippen LogP contribution in [0.25, 0.3) is 0 Å². The Kier molecular flexibility index (Phi) is 3.16. The summed E-state index contributed by atoms with van der Waals surface area (Å²) < 4.78 is 12.1. The third-order valence-electron chi connectivity index (χ3n) is 4.75. The molecule has 4 rings (SSSR count).